The first-order chi connectivity index (χ1) is 12.5. The normalized spacial score (nSPS) is 27.2. The molecule has 2 aliphatic heterocycles. The number of likely N-dealkylation sites (tertiary alicyclic amines) is 1. The van der Waals surface area contributed by atoms with Crippen molar-refractivity contribution in [3.63, 3.8) is 0 Å². The van der Waals surface area contributed by atoms with Crippen molar-refractivity contribution >= 4 is 23.2 Å². The summed E-state index contributed by atoms with van der Waals surface area (Å²) in [5.74, 6) is 0.215. The van der Waals surface area contributed by atoms with Crippen molar-refractivity contribution in [3.05, 3.63) is 22.4 Å². The van der Waals surface area contributed by atoms with Crippen LogP contribution in [0.2, 0.25) is 0 Å². The van der Waals surface area contributed by atoms with Gasteiger partial charge in [0.15, 0.2) is 0 Å². The SMILES string of the molecule is CC(C)N1CC[C@H]2[C@H]1C(=O)NC[C@H](CCC(=O)NCc1cccs1)N2C. The number of hydrogen-bond acceptors (Lipinski definition) is 5. The Labute approximate surface area is 159 Å². The van der Waals surface area contributed by atoms with Gasteiger partial charge in [0.1, 0.15) is 6.04 Å². The molecule has 1 aromatic rings. The smallest absolute Gasteiger partial charge is 0.239 e. The highest BCUT2D eigenvalue weighted by atomic mass is 32.1. The molecule has 0 aliphatic carbocycles. The number of carbonyl (C=O) groups excluding carboxylic acids is 2. The maximum atomic E-state index is 12.6. The minimum absolute atomic E-state index is 0.0716. The monoisotopic (exact) mass is 378 g/mol. The average molecular weight is 379 g/mol. The summed E-state index contributed by atoms with van der Waals surface area (Å²) in [6.07, 6.45) is 2.26. The highest BCUT2D eigenvalue weighted by molar-refractivity contribution is 7.09. The van der Waals surface area contributed by atoms with Crippen molar-refractivity contribution in [2.75, 3.05) is 20.1 Å². The van der Waals surface area contributed by atoms with Gasteiger partial charge in [-0.25, -0.2) is 0 Å². The number of amides is 2. The first kappa shape index (κ1) is 19.3. The fourth-order valence-electron chi connectivity index (χ4n) is 4.16. The second-order valence-corrected chi connectivity index (χ2v) is 8.62. The Morgan fingerprint density at radius 3 is 2.96 bits per heavy atom. The zero-order chi connectivity index (χ0) is 18.7. The number of likely N-dealkylation sites (N-methyl/N-ethyl adjacent to an activating group) is 1. The molecule has 144 valence electrons. The van der Waals surface area contributed by atoms with Gasteiger partial charge in [0.2, 0.25) is 11.8 Å². The van der Waals surface area contributed by atoms with Gasteiger partial charge in [-0.1, -0.05) is 6.07 Å². The third-order valence-electron chi connectivity index (χ3n) is 5.69. The van der Waals surface area contributed by atoms with E-state index in [1.54, 1.807) is 11.3 Å². The lowest BCUT2D eigenvalue weighted by molar-refractivity contribution is -0.126. The predicted molar refractivity (Wildman–Crippen MR) is 104 cm³/mol. The lowest BCUT2D eigenvalue weighted by Crippen LogP contribution is -2.51. The number of thiophene rings is 1. The van der Waals surface area contributed by atoms with Gasteiger partial charge in [0.05, 0.1) is 6.54 Å². The fraction of sp³-hybridized carbons (Fsp3) is 0.684. The van der Waals surface area contributed by atoms with E-state index in [9.17, 15) is 9.59 Å². The Balaban J connectivity index is 1.54. The summed E-state index contributed by atoms with van der Waals surface area (Å²) in [7, 11) is 2.11. The Bertz CT molecular complexity index is 619. The fourth-order valence-corrected chi connectivity index (χ4v) is 4.80. The molecule has 7 heteroatoms. The van der Waals surface area contributed by atoms with Crippen molar-refractivity contribution in [2.24, 2.45) is 0 Å². The molecule has 2 amide bonds. The molecule has 2 N–H and O–H groups in total. The van der Waals surface area contributed by atoms with Crippen molar-refractivity contribution in [3.8, 4) is 0 Å². The summed E-state index contributed by atoms with van der Waals surface area (Å²) in [5.41, 5.74) is 0. The van der Waals surface area contributed by atoms with Crippen molar-refractivity contribution in [2.45, 2.75) is 63.8 Å². The van der Waals surface area contributed by atoms with E-state index in [-0.39, 0.29) is 29.9 Å². The van der Waals surface area contributed by atoms with Crippen LogP contribution in [-0.2, 0) is 16.1 Å². The van der Waals surface area contributed by atoms with E-state index < -0.39 is 0 Å². The molecule has 0 aromatic carbocycles. The van der Waals surface area contributed by atoms with Crippen LogP contribution < -0.4 is 10.6 Å². The largest absolute Gasteiger partial charge is 0.353 e. The number of fused-ring (bicyclic) bond motifs is 1. The standard InChI is InChI=1S/C19H30N4O2S/c1-13(2)23-9-8-16-18(23)19(25)21-11-14(22(16)3)6-7-17(24)20-12-15-5-4-10-26-15/h4-5,10,13-14,16,18H,6-9,11-12H2,1-3H3,(H,20,24)(H,21,25)/t14-,16-,18-/m0/s1. The lowest BCUT2D eigenvalue weighted by Gasteiger charge is -2.34. The van der Waals surface area contributed by atoms with Crippen molar-refractivity contribution in [1.82, 2.24) is 20.4 Å². The summed E-state index contributed by atoms with van der Waals surface area (Å²) >= 11 is 1.65. The number of nitrogens with one attached hydrogen (secondary N) is 2. The molecular weight excluding hydrogens is 348 g/mol. The second kappa shape index (κ2) is 8.50. The van der Waals surface area contributed by atoms with Crippen molar-refractivity contribution in [1.29, 1.82) is 0 Å². The molecule has 3 heterocycles. The van der Waals surface area contributed by atoms with Crippen LogP contribution in [0.4, 0.5) is 0 Å². The Morgan fingerprint density at radius 1 is 1.46 bits per heavy atom. The molecule has 3 rings (SSSR count). The number of rotatable bonds is 6. The third kappa shape index (κ3) is 4.27. The molecule has 3 atom stereocenters. The predicted octanol–water partition coefficient (Wildman–Crippen LogP) is 1.43. The Kier molecular flexibility index (Phi) is 6.32. The van der Waals surface area contributed by atoms with Crippen LogP contribution in [-0.4, -0.2) is 65.9 Å². The summed E-state index contributed by atoms with van der Waals surface area (Å²) < 4.78 is 0. The molecule has 0 unspecified atom stereocenters. The Morgan fingerprint density at radius 2 is 2.27 bits per heavy atom. The van der Waals surface area contributed by atoms with Gasteiger partial charge in [-0.2, -0.15) is 0 Å². The second-order valence-electron chi connectivity index (χ2n) is 7.59. The first-order valence-corrected chi connectivity index (χ1v) is 10.4. The summed E-state index contributed by atoms with van der Waals surface area (Å²) in [6.45, 7) is 6.47. The van der Waals surface area contributed by atoms with Crippen LogP contribution >= 0.6 is 11.3 Å². The van der Waals surface area contributed by atoms with Crippen LogP contribution in [0.25, 0.3) is 0 Å². The quantitative estimate of drug-likeness (QED) is 0.786. The molecule has 0 bridgehead atoms. The van der Waals surface area contributed by atoms with Crippen molar-refractivity contribution < 1.29 is 9.59 Å². The molecule has 26 heavy (non-hydrogen) atoms. The molecule has 1 aromatic heterocycles. The minimum Gasteiger partial charge on any atom is -0.353 e. The Hall–Kier alpha value is -1.44. The highest BCUT2D eigenvalue weighted by Gasteiger charge is 2.45. The molecule has 6 nitrogen and oxygen atoms in total. The molecule has 0 radical (unpaired) electrons. The summed E-state index contributed by atoms with van der Waals surface area (Å²) in [4.78, 5) is 30.6. The highest BCUT2D eigenvalue weighted by Crippen LogP contribution is 2.28. The lowest BCUT2D eigenvalue weighted by atomic mass is 10.0. The van der Waals surface area contributed by atoms with Gasteiger partial charge in [-0.15, -0.1) is 11.3 Å². The van der Waals surface area contributed by atoms with E-state index in [2.05, 4.69) is 41.3 Å². The van der Waals surface area contributed by atoms with E-state index in [1.165, 1.54) is 4.88 Å². The summed E-state index contributed by atoms with van der Waals surface area (Å²) in [5, 5.41) is 8.11. The van der Waals surface area contributed by atoms with Gasteiger partial charge in [0, 0.05) is 42.5 Å². The van der Waals surface area contributed by atoms with E-state index >= 15 is 0 Å². The molecular formula is C19H30N4O2S. The number of hydrogen-bond donors (Lipinski definition) is 2. The van der Waals surface area contributed by atoms with Crippen LogP contribution in [0, 0.1) is 0 Å². The van der Waals surface area contributed by atoms with Crippen LogP contribution in [0.1, 0.15) is 38.0 Å². The van der Waals surface area contributed by atoms with Gasteiger partial charge >= 0.3 is 0 Å². The molecule has 2 aliphatic rings. The van der Waals surface area contributed by atoms with E-state index in [0.717, 1.165) is 19.4 Å². The summed E-state index contributed by atoms with van der Waals surface area (Å²) in [6, 6.07) is 4.75. The van der Waals surface area contributed by atoms with Gasteiger partial charge in [-0.3, -0.25) is 19.4 Å². The number of nitrogens with zero attached hydrogens (tertiary/aromatic N) is 2. The van der Waals surface area contributed by atoms with Gasteiger partial charge in [-0.05, 0) is 45.2 Å². The van der Waals surface area contributed by atoms with Crippen LogP contribution in [0.5, 0.6) is 0 Å². The van der Waals surface area contributed by atoms with E-state index in [1.807, 2.05) is 17.5 Å². The first-order valence-electron chi connectivity index (χ1n) is 9.52. The van der Waals surface area contributed by atoms with Gasteiger partial charge in [0.25, 0.3) is 0 Å². The molecule has 2 saturated heterocycles. The van der Waals surface area contributed by atoms with E-state index in [0.29, 0.717) is 25.6 Å². The topological polar surface area (TPSA) is 64.7 Å². The maximum Gasteiger partial charge on any atom is 0.239 e. The van der Waals surface area contributed by atoms with Crippen LogP contribution in [0.3, 0.4) is 0 Å². The van der Waals surface area contributed by atoms with Gasteiger partial charge < -0.3 is 10.6 Å². The maximum absolute atomic E-state index is 12.6. The number of carbonyl (C=O) groups is 2. The molecule has 0 saturated carbocycles. The zero-order valence-electron chi connectivity index (χ0n) is 15.9. The molecule has 0 spiro atoms. The minimum atomic E-state index is -0.0716. The van der Waals surface area contributed by atoms with Crippen LogP contribution in [0.15, 0.2) is 17.5 Å². The molecule has 2 fully saturated rings. The average Bonchev–Trinajstić information content (AvgIpc) is 3.26. The zero-order valence-corrected chi connectivity index (χ0v) is 16.7. The third-order valence-corrected chi connectivity index (χ3v) is 6.57. The van der Waals surface area contributed by atoms with E-state index in [4.69, 9.17) is 0 Å².